The molecule has 2 heterocycles. The molecular weight excluding hydrogens is 404 g/mol. The molecule has 0 spiro atoms. The van der Waals surface area contributed by atoms with Crippen LogP contribution in [-0.4, -0.2) is 103 Å². The minimum absolute atomic E-state index is 0. The largest absolute Gasteiger partial charge is 0.444 e. The van der Waals surface area contributed by atoms with Gasteiger partial charge in [0, 0.05) is 20.2 Å². The number of amides is 1. The van der Waals surface area contributed by atoms with Crippen molar-refractivity contribution in [2.24, 2.45) is 0 Å². The molecular formula is C19H43ClN2O7. The fraction of sp³-hybridized carbons (Fsp3) is 0.947. The van der Waals surface area contributed by atoms with Crippen molar-refractivity contribution in [3.05, 3.63) is 0 Å². The van der Waals surface area contributed by atoms with Gasteiger partial charge in [0.1, 0.15) is 5.60 Å². The molecule has 0 aromatic heterocycles. The van der Waals surface area contributed by atoms with Gasteiger partial charge in [-0.1, -0.05) is 7.43 Å². The minimum Gasteiger partial charge on any atom is -0.444 e. The Bertz CT molecular complexity index is 389. The molecule has 2 fully saturated rings. The number of carbonyl (C=O) groups is 1. The third-order valence-corrected chi connectivity index (χ3v) is 3.52. The van der Waals surface area contributed by atoms with Crippen LogP contribution in [0.4, 0.5) is 4.79 Å². The minimum atomic E-state index is -0.641. The molecule has 0 aliphatic carbocycles. The van der Waals surface area contributed by atoms with Crippen LogP contribution in [0.3, 0.4) is 0 Å². The Kier molecular flexibility index (Phi) is 19.4. The van der Waals surface area contributed by atoms with Crippen molar-refractivity contribution >= 4 is 18.5 Å². The Hall–Kier alpha value is -0.680. The lowest BCUT2D eigenvalue weighted by Gasteiger charge is -2.27. The molecule has 0 saturated carbocycles. The van der Waals surface area contributed by atoms with E-state index < -0.39 is 17.8 Å². The second-order valence-corrected chi connectivity index (χ2v) is 7.64. The molecule has 2 aliphatic rings. The van der Waals surface area contributed by atoms with Crippen LogP contribution in [0.1, 0.15) is 42.0 Å². The molecule has 29 heavy (non-hydrogen) atoms. The Morgan fingerprint density at radius 3 is 2.07 bits per heavy atom. The van der Waals surface area contributed by atoms with E-state index in [2.05, 4.69) is 5.32 Å². The highest BCUT2D eigenvalue weighted by molar-refractivity contribution is 5.85. The van der Waals surface area contributed by atoms with Gasteiger partial charge in [-0.3, -0.25) is 0 Å². The fourth-order valence-corrected chi connectivity index (χ4v) is 2.34. The maximum Gasteiger partial charge on any atom is 0.410 e. The molecule has 2 saturated heterocycles. The molecule has 4 atom stereocenters. The summed E-state index contributed by atoms with van der Waals surface area (Å²) in [6, 6.07) is 0. The van der Waals surface area contributed by atoms with Gasteiger partial charge in [-0.2, -0.15) is 0 Å². The highest BCUT2D eigenvalue weighted by Gasteiger charge is 2.28. The van der Waals surface area contributed by atoms with Crippen molar-refractivity contribution in [3.63, 3.8) is 0 Å². The number of aliphatic hydroxyl groups excluding tert-OH is 3. The van der Waals surface area contributed by atoms with Gasteiger partial charge in [0.25, 0.3) is 0 Å². The van der Waals surface area contributed by atoms with Crippen LogP contribution >= 0.6 is 12.4 Å². The molecule has 2 rings (SSSR count). The molecule has 2 aliphatic heterocycles. The van der Waals surface area contributed by atoms with Gasteiger partial charge in [-0.05, 0) is 34.6 Å². The van der Waals surface area contributed by atoms with E-state index in [-0.39, 0.29) is 51.3 Å². The number of rotatable bonds is 0. The maximum atomic E-state index is 11.8. The van der Waals surface area contributed by atoms with Crippen molar-refractivity contribution in [3.8, 4) is 0 Å². The zero-order valence-electron chi connectivity index (χ0n) is 17.9. The second-order valence-electron chi connectivity index (χ2n) is 7.64. The smallest absolute Gasteiger partial charge is 0.410 e. The SMILES string of the molecule is C.CC1CN(C(=O)OC(C)(C)C)CC(O)CO1.CC1CNCC(O)CO1.CO.Cl. The molecule has 0 bridgehead atoms. The van der Waals surface area contributed by atoms with Gasteiger partial charge < -0.3 is 39.7 Å². The van der Waals surface area contributed by atoms with Crippen molar-refractivity contribution in [1.29, 1.82) is 0 Å². The highest BCUT2D eigenvalue weighted by Crippen LogP contribution is 2.13. The number of nitrogens with zero attached hydrogens (tertiary/aromatic N) is 1. The van der Waals surface area contributed by atoms with Crippen LogP contribution in [0, 0.1) is 0 Å². The number of nitrogens with one attached hydrogen (secondary N) is 1. The van der Waals surface area contributed by atoms with Crippen molar-refractivity contribution in [2.45, 2.75) is 72.1 Å². The molecule has 1 amide bonds. The van der Waals surface area contributed by atoms with Crippen LogP contribution in [0.5, 0.6) is 0 Å². The number of hydrogen-bond acceptors (Lipinski definition) is 8. The Labute approximate surface area is 182 Å². The van der Waals surface area contributed by atoms with Gasteiger partial charge in [0.2, 0.25) is 0 Å². The first-order valence-electron chi connectivity index (χ1n) is 9.29. The summed E-state index contributed by atoms with van der Waals surface area (Å²) in [6.07, 6.45) is -1.21. The first-order chi connectivity index (χ1) is 12.6. The van der Waals surface area contributed by atoms with E-state index in [1.807, 2.05) is 34.6 Å². The van der Waals surface area contributed by atoms with Gasteiger partial charge in [0.15, 0.2) is 0 Å². The molecule has 9 nitrogen and oxygen atoms in total. The fourth-order valence-electron chi connectivity index (χ4n) is 2.34. The van der Waals surface area contributed by atoms with Crippen LogP contribution in [0.25, 0.3) is 0 Å². The summed E-state index contributed by atoms with van der Waals surface area (Å²) < 4.78 is 15.8. The lowest BCUT2D eigenvalue weighted by Crippen LogP contribution is -2.42. The van der Waals surface area contributed by atoms with E-state index in [0.29, 0.717) is 19.7 Å². The van der Waals surface area contributed by atoms with Crippen LogP contribution in [-0.2, 0) is 14.2 Å². The average Bonchev–Trinajstić information content (AvgIpc) is 2.87. The molecule has 178 valence electrons. The number of hydrogen-bond donors (Lipinski definition) is 4. The van der Waals surface area contributed by atoms with Crippen molar-refractivity contribution in [2.75, 3.05) is 46.5 Å². The van der Waals surface area contributed by atoms with Crippen molar-refractivity contribution in [1.82, 2.24) is 10.2 Å². The average molecular weight is 447 g/mol. The summed E-state index contributed by atoms with van der Waals surface area (Å²) in [5, 5.41) is 28.6. The van der Waals surface area contributed by atoms with Gasteiger partial charge in [0.05, 0.1) is 50.7 Å². The van der Waals surface area contributed by atoms with E-state index in [1.54, 1.807) is 0 Å². The first-order valence-corrected chi connectivity index (χ1v) is 9.29. The summed E-state index contributed by atoms with van der Waals surface area (Å²) in [5.74, 6) is 0. The van der Waals surface area contributed by atoms with Gasteiger partial charge in [-0.15, -0.1) is 12.4 Å². The van der Waals surface area contributed by atoms with E-state index in [4.69, 9.17) is 24.4 Å². The van der Waals surface area contributed by atoms with E-state index in [9.17, 15) is 9.90 Å². The van der Waals surface area contributed by atoms with Crippen LogP contribution in [0.2, 0.25) is 0 Å². The summed E-state index contributed by atoms with van der Waals surface area (Å²) >= 11 is 0. The Morgan fingerprint density at radius 2 is 1.52 bits per heavy atom. The number of β-amino-alcohol motifs (C(OH)–C–C–N with tert-alkyl or cyclic N) is 2. The van der Waals surface area contributed by atoms with Gasteiger partial charge in [-0.25, -0.2) is 4.79 Å². The first kappa shape index (κ1) is 33.0. The summed E-state index contributed by atoms with van der Waals surface area (Å²) in [5.41, 5.74) is -0.515. The van der Waals surface area contributed by atoms with Crippen molar-refractivity contribution < 1.29 is 34.3 Å². The number of aliphatic hydroxyl groups is 3. The highest BCUT2D eigenvalue weighted by atomic mass is 35.5. The van der Waals surface area contributed by atoms with E-state index >= 15 is 0 Å². The summed E-state index contributed by atoms with van der Waals surface area (Å²) in [6.45, 7) is 12.3. The van der Waals surface area contributed by atoms with Crippen LogP contribution in [0.15, 0.2) is 0 Å². The monoisotopic (exact) mass is 446 g/mol. The number of carbonyl (C=O) groups excluding carboxylic acids is 1. The molecule has 4 unspecified atom stereocenters. The summed E-state index contributed by atoms with van der Waals surface area (Å²) in [7, 11) is 1.00. The lowest BCUT2D eigenvalue weighted by molar-refractivity contribution is 0.0171. The third-order valence-electron chi connectivity index (χ3n) is 3.52. The van der Waals surface area contributed by atoms with E-state index in [0.717, 1.165) is 13.7 Å². The van der Waals surface area contributed by atoms with Crippen LogP contribution < -0.4 is 5.32 Å². The summed E-state index contributed by atoms with van der Waals surface area (Å²) in [4.78, 5) is 13.3. The number of ether oxygens (including phenoxy) is 3. The molecule has 0 radical (unpaired) electrons. The topological polar surface area (TPSA) is 121 Å². The molecule has 10 heteroatoms. The molecule has 0 aromatic carbocycles. The Balaban J connectivity index is -0.000000447. The molecule has 0 aromatic rings. The molecule has 4 N–H and O–H groups in total. The predicted octanol–water partition coefficient (Wildman–Crippen LogP) is 1.03. The zero-order valence-corrected chi connectivity index (χ0v) is 18.7. The second kappa shape index (κ2) is 17.0. The maximum absolute atomic E-state index is 11.8. The predicted molar refractivity (Wildman–Crippen MR) is 116 cm³/mol. The third kappa shape index (κ3) is 16.8. The zero-order chi connectivity index (χ0) is 21.0. The van der Waals surface area contributed by atoms with E-state index in [1.165, 1.54) is 4.90 Å². The van der Waals surface area contributed by atoms with Gasteiger partial charge >= 0.3 is 6.09 Å². The standard InChI is InChI=1S/C11H21NO4.C6H13NO2.CH4O.CH4.ClH/c1-8-5-12(6-9(13)7-15-8)10(14)16-11(2,3)4;1-5-2-7-3-6(8)4-9-5;1-2;;/h8-9,13H,5-7H2,1-4H3;5-8H,2-4H2,1H3;2H,1H3;1H4;1H. The lowest BCUT2D eigenvalue weighted by atomic mass is 10.2. The Morgan fingerprint density at radius 1 is 1.00 bits per heavy atom. The number of halogens is 1. The normalized spacial score (nSPS) is 27.1. The quantitative estimate of drug-likeness (QED) is 0.435.